The molecule has 0 fully saturated rings. The highest BCUT2D eigenvalue weighted by atomic mass is 127. The quantitative estimate of drug-likeness (QED) is 0.310. The first-order valence-electron chi connectivity index (χ1n) is 6.64. The lowest BCUT2D eigenvalue weighted by molar-refractivity contribution is -0.385. The number of aromatic hydroxyl groups is 1. The molecule has 0 aliphatic carbocycles. The molecular weight excluding hydrogens is 429 g/mol. The molecule has 2 aromatic carbocycles. The Kier molecular flexibility index (Phi) is 6.07. The van der Waals surface area contributed by atoms with E-state index in [2.05, 4.69) is 10.5 Å². The smallest absolute Gasteiger partial charge is 0.310 e. The normalized spacial score (nSPS) is 10.5. The average Bonchev–Trinajstić information content (AvgIpc) is 2.56. The fraction of sp³-hybridized carbons (Fsp3) is 0.0667. The minimum absolute atomic E-state index is 0.00900. The topological polar surface area (TPSA) is 114 Å². The van der Waals surface area contributed by atoms with Gasteiger partial charge in [0.25, 0.3) is 5.91 Å². The Bertz CT molecular complexity index is 794. The summed E-state index contributed by atoms with van der Waals surface area (Å²) in [6.07, 6.45) is 1.41. The average molecular weight is 441 g/mol. The number of nitro groups is 1. The van der Waals surface area contributed by atoms with E-state index in [9.17, 15) is 20.0 Å². The number of para-hydroxylation sites is 2. The van der Waals surface area contributed by atoms with Crippen LogP contribution < -0.4 is 10.2 Å². The van der Waals surface area contributed by atoms with Crippen LogP contribution in [-0.2, 0) is 4.79 Å². The van der Waals surface area contributed by atoms with Gasteiger partial charge < -0.3 is 9.84 Å². The predicted octanol–water partition coefficient (Wildman–Crippen LogP) is 2.43. The van der Waals surface area contributed by atoms with Crippen LogP contribution in [0, 0.1) is 13.7 Å². The molecule has 1 amide bonds. The number of nitrogens with one attached hydrogen (secondary N) is 1. The highest BCUT2D eigenvalue weighted by Crippen LogP contribution is 2.25. The summed E-state index contributed by atoms with van der Waals surface area (Å²) in [6, 6.07) is 10.6. The Morgan fingerprint density at radius 2 is 2.12 bits per heavy atom. The van der Waals surface area contributed by atoms with E-state index in [4.69, 9.17) is 4.74 Å². The van der Waals surface area contributed by atoms with Gasteiger partial charge in [0.15, 0.2) is 12.4 Å². The van der Waals surface area contributed by atoms with E-state index in [0.29, 0.717) is 9.13 Å². The van der Waals surface area contributed by atoms with Crippen LogP contribution in [0.25, 0.3) is 0 Å². The Hall–Kier alpha value is -2.69. The number of carbonyl (C=O) groups is 1. The lowest BCUT2D eigenvalue weighted by Gasteiger charge is -2.05. The van der Waals surface area contributed by atoms with Crippen molar-refractivity contribution in [2.75, 3.05) is 6.61 Å². The zero-order valence-corrected chi connectivity index (χ0v) is 14.3. The van der Waals surface area contributed by atoms with Gasteiger partial charge in [0, 0.05) is 6.07 Å². The number of hydrogen-bond donors (Lipinski definition) is 2. The maximum absolute atomic E-state index is 11.6. The Morgan fingerprint density at radius 1 is 1.38 bits per heavy atom. The maximum atomic E-state index is 11.6. The van der Waals surface area contributed by atoms with E-state index in [-0.39, 0.29) is 17.2 Å². The van der Waals surface area contributed by atoms with E-state index < -0.39 is 17.4 Å². The van der Waals surface area contributed by atoms with Crippen LogP contribution in [0.15, 0.2) is 47.6 Å². The van der Waals surface area contributed by atoms with Gasteiger partial charge >= 0.3 is 5.69 Å². The number of halogens is 1. The van der Waals surface area contributed by atoms with E-state index in [1.165, 1.54) is 30.5 Å². The van der Waals surface area contributed by atoms with Gasteiger partial charge in [-0.3, -0.25) is 14.9 Å². The van der Waals surface area contributed by atoms with E-state index in [0.717, 1.165) is 0 Å². The molecule has 2 N–H and O–H groups in total. The molecule has 0 bridgehead atoms. The first kappa shape index (κ1) is 17.7. The summed E-state index contributed by atoms with van der Waals surface area (Å²) in [5.74, 6) is -0.387. The minimum atomic E-state index is -0.585. The van der Waals surface area contributed by atoms with Crippen molar-refractivity contribution < 1.29 is 19.6 Å². The van der Waals surface area contributed by atoms with Crippen molar-refractivity contribution >= 4 is 40.4 Å². The van der Waals surface area contributed by atoms with E-state index >= 15 is 0 Å². The van der Waals surface area contributed by atoms with Crippen molar-refractivity contribution in [3.63, 3.8) is 0 Å². The number of benzene rings is 2. The third-order valence-corrected chi connectivity index (χ3v) is 3.66. The Morgan fingerprint density at radius 3 is 2.83 bits per heavy atom. The van der Waals surface area contributed by atoms with Crippen LogP contribution in [0.5, 0.6) is 11.5 Å². The Balaban J connectivity index is 1.89. The summed E-state index contributed by atoms with van der Waals surface area (Å²) < 4.78 is 5.79. The second-order valence-electron chi connectivity index (χ2n) is 4.52. The summed E-state index contributed by atoms with van der Waals surface area (Å²) in [5, 5.41) is 24.0. The first-order valence-corrected chi connectivity index (χ1v) is 7.72. The summed E-state index contributed by atoms with van der Waals surface area (Å²) >= 11 is 1.97. The lowest BCUT2D eigenvalue weighted by atomic mass is 10.2. The van der Waals surface area contributed by atoms with Gasteiger partial charge in [-0.2, -0.15) is 5.10 Å². The first-order chi connectivity index (χ1) is 11.5. The van der Waals surface area contributed by atoms with Crippen molar-refractivity contribution in [2.45, 2.75) is 0 Å². The van der Waals surface area contributed by atoms with Gasteiger partial charge in [-0.25, -0.2) is 5.43 Å². The van der Waals surface area contributed by atoms with Crippen molar-refractivity contribution in [3.05, 3.63) is 61.7 Å². The number of carbonyl (C=O) groups excluding carboxylic acids is 1. The molecule has 0 aliphatic heterocycles. The minimum Gasteiger partial charge on any atom is -0.507 e. The standard InChI is InChI=1S/C15H12IN3O5/c16-11-7-10(5-6-13(11)20)8-17-18-15(21)9-24-14-4-2-1-3-12(14)19(22)23/h1-8,20H,9H2,(H,18,21)/b17-8+. The lowest BCUT2D eigenvalue weighted by Crippen LogP contribution is -2.24. The molecule has 2 rings (SSSR count). The molecule has 0 atom stereocenters. The number of rotatable bonds is 6. The van der Waals surface area contributed by atoms with Crippen molar-refractivity contribution in [1.82, 2.24) is 5.43 Å². The third-order valence-electron chi connectivity index (χ3n) is 2.80. The molecular formula is C15H12IN3O5. The van der Waals surface area contributed by atoms with E-state index in [1.54, 1.807) is 18.2 Å². The van der Waals surface area contributed by atoms with Crippen LogP contribution in [0.3, 0.4) is 0 Å². The molecule has 0 saturated heterocycles. The number of amides is 1. The van der Waals surface area contributed by atoms with Gasteiger partial charge in [0.05, 0.1) is 14.7 Å². The molecule has 0 heterocycles. The third kappa shape index (κ3) is 4.91. The summed E-state index contributed by atoms with van der Waals surface area (Å²) in [7, 11) is 0. The molecule has 0 spiro atoms. The molecule has 24 heavy (non-hydrogen) atoms. The molecule has 0 aliphatic rings. The van der Waals surface area contributed by atoms with Crippen LogP contribution in [0.4, 0.5) is 5.69 Å². The molecule has 2 aromatic rings. The number of hydrogen-bond acceptors (Lipinski definition) is 6. The number of nitro benzene ring substituents is 1. The van der Waals surface area contributed by atoms with Crippen LogP contribution in [0.1, 0.15) is 5.56 Å². The fourth-order valence-electron chi connectivity index (χ4n) is 1.69. The summed E-state index contributed by atoms with van der Waals surface area (Å²) in [4.78, 5) is 21.9. The molecule has 8 nitrogen and oxygen atoms in total. The molecule has 0 saturated carbocycles. The fourth-order valence-corrected chi connectivity index (χ4v) is 2.23. The second-order valence-corrected chi connectivity index (χ2v) is 5.68. The molecule has 0 unspecified atom stereocenters. The summed E-state index contributed by atoms with van der Waals surface area (Å²) in [5.41, 5.74) is 2.73. The number of nitrogens with zero attached hydrogens (tertiary/aromatic N) is 2. The number of ether oxygens (including phenoxy) is 1. The number of phenols is 1. The highest BCUT2D eigenvalue weighted by Gasteiger charge is 2.14. The van der Waals surface area contributed by atoms with Crippen LogP contribution in [-0.4, -0.2) is 28.8 Å². The van der Waals surface area contributed by atoms with Crippen molar-refractivity contribution in [1.29, 1.82) is 0 Å². The van der Waals surface area contributed by atoms with Gasteiger partial charge in [-0.15, -0.1) is 0 Å². The predicted molar refractivity (Wildman–Crippen MR) is 95.2 cm³/mol. The van der Waals surface area contributed by atoms with Gasteiger partial charge in [0.1, 0.15) is 5.75 Å². The SMILES string of the molecule is O=C(COc1ccccc1[N+](=O)[O-])N/N=C/c1ccc(O)c(I)c1. The van der Waals surface area contributed by atoms with Crippen molar-refractivity contribution in [3.8, 4) is 11.5 Å². The highest BCUT2D eigenvalue weighted by molar-refractivity contribution is 14.1. The molecule has 124 valence electrons. The maximum Gasteiger partial charge on any atom is 0.310 e. The van der Waals surface area contributed by atoms with E-state index in [1.807, 2.05) is 22.6 Å². The summed E-state index contributed by atoms with van der Waals surface area (Å²) in [6.45, 7) is -0.407. The van der Waals surface area contributed by atoms with Gasteiger partial charge in [0.2, 0.25) is 0 Å². The zero-order chi connectivity index (χ0) is 17.5. The second kappa shape index (κ2) is 8.24. The zero-order valence-electron chi connectivity index (χ0n) is 12.2. The largest absolute Gasteiger partial charge is 0.507 e. The Labute approximate surface area is 150 Å². The molecule has 0 radical (unpaired) electrons. The van der Waals surface area contributed by atoms with Crippen LogP contribution >= 0.6 is 22.6 Å². The molecule has 0 aromatic heterocycles. The molecule has 9 heteroatoms. The monoisotopic (exact) mass is 441 g/mol. The van der Waals surface area contributed by atoms with Gasteiger partial charge in [-0.05, 0) is 52.4 Å². The van der Waals surface area contributed by atoms with Gasteiger partial charge in [-0.1, -0.05) is 12.1 Å². The van der Waals surface area contributed by atoms with Crippen LogP contribution in [0.2, 0.25) is 0 Å². The number of phenolic OH excluding ortho intramolecular Hbond substituents is 1. The number of hydrazone groups is 1. The van der Waals surface area contributed by atoms with Crippen molar-refractivity contribution in [2.24, 2.45) is 5.10 Å².